The first-order valence-corrected chi connectivity index (χ1v) is 10.9. The molecule has 0 bridgehead atoms. The molecule has 0 saturated carbocycles. The molecule has 0 spiro atoms. The Hall–Kier alpha value is -2.29. The first-order valence-electron chi connectivity index (χ1n) is 10.9. The molecule has 3 amide bonds. The normalized spacial score (nSPS) is 18.6. The minimum absolute atomic E-state index is 0.00878. The molecule has 0 aliphatic carbocycles. The number of ether oxygens (including phenoxy) is 1. The molecule has 2 aliphatic rings. The van der Waals surface area contributed by atoms with Crippen molar-refractivity contribution in [3.05, 3.63) is 35.4 Å². The maximum atomic E-state index is 13.0. The summed E-state index contributed by atoms with van der Waals surface area (Å²) in [6.07, 6.45) is -0.883. The van der Waals surface area contributed by atoms with Crippen molar-refractivity contribution in [1.29, 1.82) is 0 Å². The summed E-state index contributed by atoms with van der Waals surface area (Å²) in [7, 11) is 0. The molecule has 2 fully saturated rings. The third kappa shape index (κ3) is 5.90. The van der Waals surface area contributed by atoms with E-state index in [0.29, 0.717) is 45.7 Å². The number of rotatable bonds is 5. The van der Waals surface area contributed by atoms with E-state index >= 15 is 0 Å². The lowest BCUT2D eigenvalue weighted by Gasteiger charge is -2.43. The molecule has 2 aliphatic heterocycles. The number of urea groups is 1. The second kappa shape index (κ2) is 10.3. The van der Waals surface area contributed by atoms with Gasteiger partial charge in [-0.15, -0.1) is 0 Å². The molecule has 3 rings (SSSR count). The molecule has 0 unspecified atom stereocenters. The molecule has 0 radical (unpaired) electrons. The predicted octanol–water partition coefficient (Wildman–Crippen LogP) is 3.91. The standard InChI is InChI=1S/C22H30F3N3O3/c1-2-10-26-21(30)28(19-8-13-31-14-9-19)18-6-11-27(12-7-18)20(29)16-4-3-5-17(15-16)22(23,24)25/h3-5,15,18-19H,2,6-14H2,1H3,(H,26,30). The van der Waals surface area contributed by atoms with Crippen LogP contribution in [0.15, 0.2) is 24.3 Å². The molecule has 1 aromatic rings. The Bertz CT molecular complexity index is 758. The van der Waals surface area contributed by atoms with Crippen LogP contribution in [-0.4, -0.2) is 66.7 Å². The molecular weight excluding hydrogens is 411 g/mol. The largest absolute Gasteiger partial charge is 0.416 e. The SMILES string of the molecule is CCCNC(=O)N(C1CCOCC1)C1CCN(C(=O)c2cccc(C(F)(F)F)c2)CC1. The predicted molar refractivity (Wildman–Crippen MR) is 110 cm³/mol. The van der Waals surface area contributed by atoms with Gasteiger partial charge in [-0.3, -0.25) is 4.79 Å². The van der Waals surface area contributed by atoms with Crippen molar-refractivity contribution in [3.63, 3.8) is 0 Å². The van der Waals surface area contributed by atoms with Gasteiger partial charge in [-0.05, 0) is 50.3 Å². The van der Waals surface area contributed by atoms with E-state index in [1.54, 1.807) is 4.90 Å². The number of carbonyl (C=O) groups is 2. The van der Waals surface area contributed by atoms with E-state index in [0.717, 1.165) is 31.4 Å². The fraction of sp³-hybridized carbons (Fsp3) is 0.636. The number of hydrogen-bond acceptors (Lipinski definition) is 3. The quantitative estimate of drug-likeness (QED) is 0.754. The summed E-state index contributed by atoms with van der Waals surface area (Å²) in [5.41, 5.74) is -0.790. The molecule has 0 aromatic heterocycles. The molecule has 2 saturated heterocycles. The van der Waals surface area contributed by atoms with E-state index in [9.17, 15) is 22.8 Å². The zero-order valence-electron chi connectivity index (χ0n) is 17.8. The van der Waals surface area contributed by atoms with Gasteiger partial charge in [0.2, 0.25) is 0 Å². The van der Waals surface area contributed by atoms with Crippen LogP contribution in [-0.2, 0) is 10.9 Å². The number of likely N-dealkylation sites (tertiary alicyclic amines) is 1. The van der Waals surface area contributed by atoms with Gasteiger partial charge in [0.25, 0.3) is 5.91 Å². The molecule has 9 heteroatoms. The number of piperidine rings is 1. The molecule has 1 N–H and O–H groups in total. The van der Waals surface area contributed by atoms with Crippen molar-refractivity contribution < 1.29 is 27.5 Å². The van der Waals surface area contributed by atoms with Crippen LogP contribution in [0.1, 0.15) is 54.9 Å². The highest BCUT2D eigenvalue weighted by Crippen LogP contribution is 2.30. The van der Waals surface area contributed by atoms with Gasteiger partial charge >= 0.3 is 12.2 Å². The zero-order chi connectivity index (χ0) is 22.4. The number of halogens is 3. The maximum absolute atomic E-state index is 13.0. The third-order valence-electron chi connectivity index (χ3n) is 5.93. The Balaban J connectivity index is 1.66. The van der Waals surface area contributed by atoms with Crippen molar-refractivity contribution in [2.24, 2.45) is 0 Å². The van der Waals surface area contributed by atoms with Crippen molar-refractivity contribution in [3.8, 4) is 0 Å². The number of amides is 3. The Morgan fingerprint density at radius 1 is 1.13 bits per heavy atom. The highest BCUT2D eigenvalue weighted by molar-refractivity contribution is 5.94. The zero-order valence-corrected chi connectivity index (χ0v) is 17.8. The lowest BCUT2D eigenvalue weighted by atomic mass is 9.97. The van der Waals surface area contributed by atoms with Gasteiger partial charge in [0.15, 0.2) is 0 Å². The van der Waals surface area contributed by atoms with Crippen molar-refractivity contribution in [2.75, 3.05) is 32.8 Å². The molecule has 2 heterocycles. The average molecular weight is 441 g/mol. The van der Waals surface area contributed by atoms with Crippen LogP contribution >= 0.6 is 0 Å². The van der Waals surface area contributed by atoms with Crippen LogP contribution in [0, 0.1) is 0 Å². The molecule has 0 atom stereocenters. The van der Waals surface area contributed by atoms with Crippen molar-refractivity contribution >= 4 is 11.9 Å². The number of benzene rings is 1. The van der Waals surface area contributed by atoms with Crippen LogP contribution in [0.4, 0.5) is 18.0 Å². The smallest absolute Gasteiger partial charge is 0.381 e. The van der Waals surface area contributed by atoms with Gasteiger partial charge in [0.1, 0.15) is 0 Å². The van der Waals surface area contributed by atoms with Gasteiger partial charge in [0, 0.05) is 50.5 Å². The summed E-state index contributed by atoms with van der Waals surface area (Å²) in [6.45, 7) is 4.65. The number of alkyl halides is 3. The monoisotopic (exact) mass is 441 g/mol. The van der Waals surface area contributed by atoms with Gasteiger partial charge < -0.3 is 19.9 Å². The van der Waals surface area contributed by atoms with Gasteiger partial charge in [-0.2, -0.15) is 13.2 Å². The molecule has 6 nitrogen and oxygen atoms in total. The summed E-state index contributed by atoms with van der Waals surface area (Å²) in [4.78, 5) is 29.1. The number of carbonyl (C=O) groups excluding carboxylic acids is 2. The average Bonchev–Trinajstić information content (AvgIpc) is 2.78. The van der Waals surface area contributed by atoms with E-state index < -0.39 is 17.6 Å². The van der Waals surface area contributed by atoms with E-state index in [-0.39, 0.29) is 23.7 Å². The molecule has 31 heavy (non-hydrogen) atoms. The Morgan fingerprint density at radius 2 is 1.77 bits per heavy atom. The topological polar surface area (TPSA) is 61.9 Å². The van der Waals surface area contributed by atoms with Crippen LogP contribution in [0.3, 0.4) is 0 Å². The van der Waals surface area contributed by atoms with Crippen molar-refractivity contribution in [1.82, 2.24) is 15.1 Å². The minimum Gasteiger partial charge on any atom is -0.381 e. The second-order valence-corrected chi connectivity index (χ2v) is 8.08. The van der Waals surface area contributed by atoms with Gasteiger partial charge in [-0.25, -0.2) is 4.79 Å². The Kier molecular flexibility index (Phi) is 7.80. The number of hydrogen-bond donors (Lipinski definition) is 1. The van der Waals surface area contributed by atoms with Crippen LogP contribution in [0.5, 0.6) is 0 Å². The summed E-state index contributed by atoms with van der Waals surface area (Å²) in [5, 5.41) is 2.97. The van der Waals surface area contributed by atoms with Crippen LogP contribution in [0.25, 0.3) is 0 Å². The number of nitrogens with one attached hydrogen (secondary N) is 1. The lowest BCUT2D eigenvalue weighted by Crippen LogP contribution is -2.56. The van der Waals surface area contributed by atoms with Gasteiger partial charge in [0.05, 0.1) is 5.56 Å². The summed E-state index contributed by atoms with van der Waals surface area (Å²) in [6, 6.07) is 4.54. The maximum Gasteiger partial charge on any atom is 0.416 e. The summed E-state index contributed by atoms with van der Waals surface area (Å²) < 4.78 is 44.4. The van der Waals surface area contributed by atoms with E-state index in [4.69, 9.17) is 4.74 Å². The van der Waals surface area contributed by atoms with Gasteiger partial charge in [-0.1, -0.05) is 13.0 Å². The first kappa shape index (κ1) is 23.4. The lowest BCUT2D eigenvalue weighted by molar-refractivity contribution is -0.137. The van der Waals surface area contributed by atoms with E-state index in [1.165, 1.54) is 12.1 Å². The molecule has 172 valence electrons. The molecule has 1 aromatic carbocycles. The van der Waals surface area contributed by atoms with E-state index in [1.807, 2.05) is 11.8 Å². The van der Waals surface area contributed by atoms with E-state index in [2.05, 4.69) is 5.32 Å². The fourth-order valence-electron chi connectivity index (χ4n) is 4.27. The highest BCUT2D eigenvalue weighted by Gasteiger charge is 2.36. The fourth-order valence-corrected chi connectivity index (χ4v) is 4.27. The van der Waals surface area contributed by atoms with Crippen LogP contribution in [0.2, 0.25) is 0 Å². The summed E-state index contributed by atoms with van der Waals surface area (Å²) >= 11 is 0. The molecular formula is C22H30F3N3O3. The third-order valence-corrected chi connectivity index (χ3v) is 5.93. The highest BCUT2D eigenvalue weighted by atomic mass is 19.4. The summed E-state index contributed by atoms with van der Waals surface area (Å²) in [5.74, 6) is -0.405. The Morgan fingerprint density at radius 3 is 2.39 bits per heavy atom. The van der Waals surface area contributed by atoms with Crippen molar-refractivity contribution in [2.45, 2.75) is 57.3 Å². The van der Waals surface area contributed by atoms with Crippen LogP contribution < -0.4 is 5.32 Å². The number of nitrogens with zero attached hydrogens (tertiary/aromatic N) is 2. The minimum atomic E-state index is -4.49. The first-order chi connectivity index (χ1) is 14.8. The second-order valence-electron chi connectivity index (χ2n) is 8.08. The Labute approximate surface area is 180 Å².